The molecular formula is C13H15IN2O3. The predicted molar refractivity (Wildman–Crippen MR) is 80.2 cm³/mol. The van der Waals surface area contributed by atoms with Crippen molar-refractivity contribution in [2.45, 2.75) is 32.2 Å². The van der Waals surface area contributed by atoms with E-state index in [9.17, 15) is 14.9 Å². The average molecular weight is 374 g/mol. The number of nitro groups is 1. The van der Waals surface area contributed by atoms with Crippen molar-refractivity contribution in [2.75, 3.05) is 6.54 Å². The SMILES string of the molecule is CCCN(C(=O)c1cc([N+](=O)[O-])ccc1I)C1CC1. The fraction of sp³-hybridized carbons (Fsp3) is 0.462. The van der Waals surface area contributed by atoms with Crippen molar-refractivity contribution in [2.24, 2.45) is 0 Å². The molecule has 1 saturated carbocycles. The molecule has 0 radical (unpaired) electrons. The Hall–Kier alpha value is -1.18. The zero-order chi connectivity index (χ0) is 14.0. The summed E-state index contributed by atoms with van der Waals surface area (Å²) < 4.78 is 0.759. The topological polar surface area (TPSA) is 63.5 Å². The number of nitrogens with zero attached hydrogens (tertiary/aromatic N) is 2. The van der Waals surface area contributed by atoms with E-state index >= 15 is 0 Å². The van der Waals surface area contributed by atoms with Crippen molar-refractivity contribution < 1.29 is 9.72 Å². The van der Waals surface area contributed by atoms with E-state index in [2.05, 4.69) is 22.6 Å². The van der Waals surface area contributed by atoms with Crippen LogP contribution in [0.2, 0.25) is 0 Å². The molecule has 1 aliphatic carbocycles. The molecular weight excluding hydrogens is 359 g/mol. The van der Waals surface area contributed by atoms with Crippen molar-refractivity contribution >= 4 is 34.2 Å². The number of amides is 1. The van der Waals surface area contributed by atoms with Gasteiger partial charge in [0.15, 0.2) is 0 Å². The van der Waals surface area contributed by atoms with Gasteiger partial charge >= 0.3 is 0 Å². The van der Waals surface area contributed by atoms with E-state index in [0.717, 1.165) is 22.8 Å². The molecule has 0 N–H and O–H groups in total. The zero-order valence-electron chi connectivity index (χ0n) is 10.6. The van der Waals surface area contributed by atoms with Crippen LogP contribution in [0.5, 0.6) is 0 Å². The summed E-state index contributed by atoms with van der Waals surface area (Å²) in [7, 11) is 0. The maximum atomic E-state index is 12.5. The lowest BCUT2D eigenvalue weighted by atomic mass is 10.1. The molecule has 0 heterocycles. The summed E-state index contributed by atoms with van der Waals surface area (Å²) in [5.41, 5.74) is 0.408. The number of rotatable bonds is 5. The Labute approximate surface area is 125 Å². The Bertz CT molecular complexity index is 515. The first-order valence-corrected chi connectivity index (χ1v) is 7.37. The standard InChI is InChI=1S/C13H15IN2O3/c1-2-7-15(9-3-4-9)13(17)11-8-10(16(18)19)5-6-12(11)14/h5-6,8-9H,2-4,7H2,1H3. The molecule has 0 spiro atoms. The van der Waals surface area contributed by atoms with Crippen LogP contribution >= 0.6 is 22.6 Å². The van der Waals surface area contributed by atoms with Crippen molar-refractivity contribution in [3.63, 3.8) is 0 Å². The van der Waals surface area contributed by atoms with Gasteiger partial charge in [0.25, 0.3) is 11.6 Å². The lowest BCUT2D eigenvalue weighted by molar-refractivity contribution is -0.384. The summed E-state index contributed by atoms with van der Waals surface area (Å²) in [6.45, 7) is 2.74. The second-order valence-electron chi connectivity index (χ2n) is 4.65. The van der Waals surface area contributed by atoms with E-state index in [1.165, 1.54) is 12.1 Å². The van der Waals surface area contributed by atoms with Gasteiger partial charge in [0, 0.05) is 28.3 Å². The maximum Gasteiger partial charge on any atom is 0.270 e. The van der Waals surface area contributed by atoms with Crippen LogP contribution < -0.4 is 0 Å². The van der Waals surface area contributed by atoms with E-state index in [0.29, 0.717) is 18.2 Å². The Kier molecular flexibility index (Phi) is 4.38. The fourth-order valence-corrected chi connectivity index (χ4v) is 2.59. The highest BCUT2D eigenvalue weighted by Crippen LogP contribution is 2.30. The second-order valence-corrected chi connectivity index (χ2v) is 5.81. The average Bonchev–Trinajstić information content (AvgIpc) is 3.19. The molecule has 0 unspecified atom stereocenters. The van der Waals surface area contributed by atoms with Gasteiger partial charge in [0.2, 0.25) is 0 Å². The van der Waals surface area contributed by atoms with Gasteiger partial charge < -0.3 is 4.90 Å². The third kappa shape index (κ3) is 3.23. The minimum absolute atomic E-state index is 0.0315. The van der Waals surface area contributed by atoms with Crippen molar-refractivity contribution in [1.82, 2.24) is 4.90 Å². The Morgan fingerprint density at radius 1 is 1.53 bits per heavy atom. The van der Waals surface area contributed by atoms with Crippen molar-refractivity contribution in [3.05, 3.63) is 37.4 Å². The van der Waals surface area contributed by atoms with Crippen LogP contribution in [0.25, 0.3) is 0 Å². The first-order valence-electron chi connectivity index (χ1n) is 6.29. The van der Waals surface area contributed by atoms with Gasteiger partial charge in [-0.05, 0) is 47.9 Å². The number of hydrogen-bond donors (Lipinski definition) is 0. The van der Waals surface area contributed by atoms with Crippen LogP contribution in [0, 0.1) is 13.7 Å². The van der Waals surface area contributed by atoms with E-state index in [4.69, 9.17) is 0 Å². The minimum atomic E-state index is -0.464. The molecule has 102 valence electrons. The van der Waals surface area contributed by atoms with Crippen LogP contribution in [0.3, 0.4) is 0 Å². The number of carbonyl (C=O) groups excluding carboxylic acids is 1. The van der Waals surface area contributed by atoms with E-state index in [1.54, 1.807) is 6.07 Å². The fourth-order valence-electron chi connectivity index (χ4n) is 2.02. The summed E-state index contributed by atoms with van der Waals surface area (Å²) >= 11 is 2.05. The monoisotopic (exact) mass is 374 g/mol. The van der Waals surface area contributed by atoms with Gasteiger partial charge in [-0.25, -0.2) is 0 Å². The third-order valence-electron chi connectivity index (χ3n) is 3.10. The molecule has 2 rings (SSSR count). The highest BCUT2D eigenvalue weighted by atomic mass is 127. The summed E-state index contributed by atoms with van der Waals surface area (Å²) in [5.74, 6) is -0.0857. The number of benzene rings is 1. The Balaban J connectivity index is 2.30. The quantitative estimate of drug-likeness (QED) is 0.452. The van der Waals surface area contributed by atoms with Crippen LogP contribution in [-0.2, 0) is 0 Å². The zero-order valence-corrected chi connectivity index (χ0v) is 12.8. The van der Waals surface area contributed by atoms with Crippen LogP contribution in [0.4, 0.5) is 5.69 Å². The van der Waals surface area contributed by atoms with E-state index in [1.807, 2.05) is 11.8 Å². The largest absolute Gasteiger partial charge is 0.336 e. The molecule has 1 aromatic carbocycles. The summed E-state index contributed by atoms with van der Waals surface area (Å²) in [4.78, 5) is 24.7. The molecule has 0 bridgehead atoms. The van der Waals surface area contributed by atoms with Crippen molar-refractivity contribution in [3.8, 4) is 0 Å². The Morgan fingerprint density at radius 3 is 2.74 bits per heavy atom. The molecule has 1 aromatic rings. The first-order chi connectivity index (χ1) is 9.04. The van der Waals surface area contributed by atoms with Crippen LogP contribution in [0.15, 0.2) is 18.2 Å². The number of non-ortho nitro benzene ring substituents is 1. The highest BCUT2D eigenvalue weighted by Gasteiger charge is 2.33. The molecule has 1 aliphatic rings. The van der Waals surface area contributed by atoms with Crippen molar-refractivity contribution in [1.29, 1.82) is 0 Å². The van der Waals surface area contributed by atoms with Gasteiger partial charge in [-0.15, -0.1) is 0 Å². The molecule has 19 heavy (non-hydrogen) atoms. The van der Waals surface area contributed by atoms with Gasteiger partial charge in [-0.2, -0.15) is 0 Å². The first kappa shape index (κ1) is 14.2. The summed E-state index contributed by atoms with van der Waals surface area (Å²) in [6, 6.07) is 4.76. The second kappa shape index (κ2) is 5.85. The van der Waals surface area contributed by atoms with Gasteiger partial charge in [0.1, 0.15) is 0 Å². The lowest BCUT2D eigenvalue weighted by Gasteiger charge is -2.22. The molecule has 0 atom stereocenters. The van der Waals surface area contributed by atoms with E-state index < -0.39 is 4.92 Å². The number of hydrogen-bond acceptors (Lipinski definition) is 3. The van der Waals surface area contributed by atoms with Gasteiger partial charge in [-0.3, -0.25) is 14.9 Å². The number of carbonyl (C=O) groups is 1. The van der Waals surface area contributed by atoms with Gasteiger partial charge in [0.05, 0.1) is 10.5 Å². The number of nitro benzene ring substituents is 1. The van der Waals surface area contributed by atoms with Crippen LogP contribution in [0.1, 0.15) is 36.5 Å². The minimum Gasteiger partial charge on any atom is -0.336 e. The third-order valence-corrected chi connectivity index (χ3v) is 4.04. The summed E-state index contributed by atoms with van der Waals surface area (Å²) in [5, 5.41) is 10.8. The molecule has 0 aromatic heterocycles. The maximum absolute atomic E-state index is 12.5. The molecule has 1 fully saturated rings. The smallest absolute Gasteiger partial charge is 0.270 e. The predicted octanol–water partition coefficient (Wildman–Crippen LogP) is 3.21. The molecule has 1 amide bonds. The highest BCUT2D eigenvalue weighted by molar-refractivity contribution is 14.1. The van der Waals surface area contributed by atoms with Gasteiger partial charge in [-0.1, -0.05) is 6.92 Å². The van der Waals surface area contributed by atoms with Crippen LogP contribution in [-0.4, -0.2) is 28.3 Å². The molecule has 0 aliphatic heterocycles. The van der Waals surface area contributed by atoms with E-state index in [-0.39, 0.29) is 11.6 Å². The molecule has 5 nitrogen and oxygen atoms in total. The summed E-state index contributed by atoms with van der Waals surface area (Å²) in [6.07, 6.45) is 2.97. The molecule has 6 heteroatoms. The normalized spacial score (nSPS) is 14.2. The lowest BCUT2D eigenvalue weighted by Crippen LogP contribution is -2.34. The molecule has 0 saturated heterocycles. The Morgan fingerprint density at radius 2 is 2.21 bits per heavy atom. The number of halogens is 1.